The average Bonchev–Trinajstić information content (AvgIpc) is 3.35. The van der Waals surface area contributed by atoms with Crippen LogP contribution >= 0.6 is 0 Å². The first-order valence-corrected chi connectivity index (χ1v) is 9.77. The smallest absolute Gasteiger partial charge is 0.228 e. The Balaban J connectivity index is 1.64. The molecule has 22 heavy (non-hydrogen) atoms. The number of sulfonamides is 1. The van der Waals surface area contributed by atoms with Crippen LogP contribution in [0.4, 0.5) is 0 Å². The fraction of sp³-hybridized carbons (Fsp3) is 0.933. The van der Waals surface area contributed by atoms with E-state index in [-0.39, 0.29) is 16.6 Å². The number of amides is 1. The predicted octanol–water partition coefficient (Wildman–Crippen LogP) is 0.830. The van der Waals surface area contributed by atoms with Gasteiger partial charge in [0.15, 0.2) is 0 Å². The lowest BCUT2D eigenvalue weighted by Crippen LogP contribution is -2.55. The number of methoxy groups -OCH3 is 1. The summed E-state index contributed by atoms with van der Waals surface area (Å²) in [5, 5.41) is -0.151. The van der Waals surface area contributed by atoms with Gasteiger partial charge in [0.25, 0.3) is 0 Å². The maximum absolute atomic E-state index is 12.8. The molecule has 3 rings (SSSR count). The molecular weight excluding hydrogens is 304 g/mol. The van der Waals surface area contributed by atoms with Crippen LogP contribution in [0.25, 0.3) is 0 Å². The van der Waals surface area contributed by atoms with Crippen LogP contribution in [0.3, 0.4) is 0 Å². The van der Waals surface area contributed by atoms with Crippen LogP contribution in [0.15, 0.2) is 0 Å². The van der Waals surface area contributed by atoms with E-state index in [1.165, 1.54) is 0 Å². The lowest BCUT2D eigenvalue weighted by molar-refractivity contribution is -0.149. The van der Waals surface area contributed by atoms with E-state index in [2.05, 4.69) is 0 Å². The van der Waals surface area contributed by atoms with Gasteiger partial charge in [-0.25, -0.2) is 12.7 Å². The highest BCUT2D eigenvalue weighted by molar-refractivity contribution is 7.90. The first-order chi connectivity index (χ1) is 10.5. The molecule has 0 radical (unpaired) electrons. The zero-order valence-electron chi connectivity index (χ0n) is 13.3. The molecule has 1 spiro atoms. The second-order valence-electron chi connectivity index (χ2n) is 6.81. The number of hydrogen-bond donors (Lipinski definition) is 0. The molecule has 6 nitrogen and oxygen atoms in total. The Bertz CT molecular complexity index is 522. The Morgan fingerprint density at radius 2 is 1.86 bits per heavy atom. The molecule has 0 atom stereocenters. The Hall–Kier alpha value is -0.660. The minimum atomic E-state index is -3.10. The van der Waals surface area contributed by atoms with Gasteiger partial charge in [-0.15, -0.1) is 0 Å². The number of carbonyl (C=O) groups is 1. The van der Waals surface area contributed by atoms with Gasteiger partial charge in [0, 0.05) is 33.3 Å². The highest BCUT2D eigenvalue weighted by Crippen LogP contribution is 2.42. The Morgan fingerprint density at radius 1 is 1.18 bits per heavy atom. The summed E-state index contributed by atoms with van der Waals surface area (Å²) in [6, 6.07) is 0. The van der Waals surface area contributed by atoms with Crippen molar-refractivity contribution in [1.82, 2.24) is 9.21 Å². The van der Waals surface area contributed by atoms with E-state index in [0.717, 1.165) is 32.2 Å². The van der Waals surface area contributed by atoms with Gasteiger partial charge in [-0.3, -0.25) is 4.79 Å². The monoisotopic (exact) mass is 330 g/mol. The SMILES string of the molecule is COCCN1CCCC2(CCN(S(=O)(=O)C3CC3)CC2)C1=O. The molecule has 7 heteroatoms. The van der Waals surface area contributed by atoms with Gasteiger partial charge >= 0.3 is 0 Å². The Morgan fingerprint density at radius 3 is 2.45 bits per heavy atom. The highest BCUT2D eigenvalue weighted by atomic mass is 32.2. The number of carbonyl (C=O) groups excluding carboxylic acids is 1. The van der Waals surface area contributed by atoms with E-state index in [1.807, 2.05) is 4.90 Å². The van der Waals surface area contributed by atoms with Crippen molar-refractivity contribution in [1.29, 1.82) is 0 Å². The molecule has 2 heterocycles. The van der Waals surface area contributed by atoms with Gasteiger partial charge in [0.05, 0.1) is 17.3 Å². The molecule has 0 unspecified atom stereocenters. The number of hydrogen-bond acceptors (Lipinski definition) is 4. The molecule has 0 aromatic rings. The average molecular weight is 330 g/mol. The number of nitrogens with zero attached hydrogens (tertiary/aromatic N) is 2. The molecule has 3 fully saturated rings. The Labute approximate surface area is 132 Å². The molecule has 2 saturated heterocycles. The summed E-state index contributed by atoms with van der Waals surface area (Å²) in [6.07, 6.45) is 4.83. The van der Waals surface area contributed by atoms with Gasteiger partial charge < -0.3 is 9.64 Å². The quantitative estimate of drug-likeness (QED) is 0.749. The van der Waals surface area contributed by atoms with Crippen molar-refractivity contribution in [2.24, 2.45) is 5.41 Å². The van der Waals surface area contributed by atoms with E-state index in [9.17, 15) is 13.2 Å². The second-order valence-corrected chi connectivity index (χ2v) is 9.03. The molecule has 0 aromatic carbocycles. The fourth-order valence-electron chi connectivity index (χ4n) is 3.78. The van der Waals surface area contributed by atoms with Crippen molar-refractivity contribution < 1.29 is 17.9 Å². The van der Waals surface area contributed by atoms with Gasteiger partial charge in [-0.1, -0.05) is 0 Å². The van der Waals surface area contributed by atoms with Crippen molar-refractivity contribution in [2.45, 2.75) is 43.8 Å². The van der Waals surface area contributed by atoms with Crippen molar-refractivity contribution in [3.8, 4) is 0 Å². The van der Waals surface area contributed by atoms with Crippen LogP contribution in [0.5, 0.6) is 0 Å². The zero-order chi connectivity index (χ0) is 15.8. The topological polar surface area (TPSA) is 66.9 Å². The summed E-state index contributed by atoms with van der Waals surface area (Å²) in [6.45, 7) is 3.00. The third kappa shape index (κ3) is 2.90. The van der Waals surface area contributed by atoms with Gasteiger partial charge in [0.2, 0.25) is 15.9 Å². The van der Waals surface area contributed by atoms with Crippen LogP contribution in [0.1, 0.15) is 38.5 Å². The van der Waals surface area contributed by atoms with E-state index in [0.29, 0.717) is 39.1 Å². The van der Waals surface area contributed by atoms with E-state index >= 15 is 0 Å². The van der Waals surface area contributed by atoms with Gasteiger partial charge in [-0.2, -0.15) is 0 Å². The minimum absolute atomic E-state index is 0.151. The molecule has 2 aliphatic heterocycles. The third-order valence-electron chi connectivity index (χ3n) is 5.37. The summed E-state index contributed by atoms with van der Waals surface area (Å²) in [5.41, 5.74) is -0.332. The normalized spacial score (nSPS) is 26.6. The van der Waals surface area contributed by atoms with E-state index < -0.39 is 10.0 Å². The maximum atomic E-state index is 12.8. The standard InChI is InChI=1S/C15H26N2O4S/c1-21-12-11-16-8-2-5-15(14(16)18)6-9-17(10-7-15)22(19,20)13-3-4-13/h13H,2-12H2,1H3. The van der Waals surface area contributed by atoms with Crippen molar-refractivity contribution in [2.75, 3.05) is 39.9 Å². The number of ether oxygens (including phenoxy) is 1. The zero-order valence-corrected chi connectivity index (χ0v) is 14.1. The summed E-state index contributed by atoms with van der Waals surface area (Å²) >= 11 is 0. The Kier molecular flexibility index (Phi) is 4.49. The molecule has 126 valence electrons. The molecule has 1 amide bonds. The summed E-state index contributed by atoms with van der Waals surface area (Å²) in [4.78, 5) is 14.7. The first kappa shape index (κ1) is 16.2. The molecule has 1 aliphatic carbocycles. The van der Waals surface area contributed by atoms with E-state index in [1.54, 1.807) is 11.4 Å². The number of piperidine rings is 2. The van der Waals surface area contributed by atoms with Crippen LogP contribution < -0.4 is 0 Å². The second kappa shape index (κ2) is 6.09. The fourth-order valence-corrected chi connectivity index (χ4v) is 5.62. The lowest BCUT2D eigenvalue weighted by atomic mass is 9.72. The minimum Gasteiger partial charge on any atom is -0.383 e. The molecular formula is C15H26N2O4S. The summed E-state index contributed by atoms with van der Waals surface area (Å²) in [5.74, 6) is 0.208. The van der Waals surface area contributed by atoms with Gasteiger partial charge in [-0.05, 0) is 38.5 Å². The summed E-state index contributed by atoms with van der Waals surface area (Å²) in [7, 11) is -1.46. The third-order valence-corrected chi connectivity index (χ3v) is 7.77. The van der Waals surface area contributed by atoms with Crippen LogP contribution in [0, 0.1) is 5.41 Å². The summed E-state index contributed by atoms with van der Waals surface area (Å²) < 4.78 is 31.3. The van der Waals surface area contributed by atoms with Crippen LogP contribution in [-0.2, 0) is 19.6 Å². The molecule has 3 aliphatic rings. The first-order valence-electron chi connectivity index (χ1n) is 8.27. The lowest BCUT2D eigenvalue weighted by Gasteiger charge is -2.46. The molecule has 0 bridgehead atoms. The van der Waals surface area contributed by atoms with Crippen LogP contribution in [0.2, 0.25) is 0 Å². The van der Waals surface area contributed by atoms with Crippen LogP contribution in [-0.4, -0.2) is 68.7 Å². The molecule has 0 N–H and O–H groups in total. The largest absolute Gasteiger partial charge is 0.383 e. The van der Waals surface area contributed by atoms with Gasteiger partial charge in [0.1, 0.15) is 0 Å². The molecule has 1 saturated carbocycles. The predicted molar refractivity (Wildman–Crippen MR) is 82.9 cm³/mol. The highest BCUT2D eigenvalue weighted by Gasteiger charge is 2.49. The maximum Gasteiger partial charge on any atom is 0.228 e. The van der Waals surface area contributed by atoms with Crippen molar-refractivity contribution >= 4 is 15.9 Å². The van der Waals surface area contributed by atoms with E-state index in [4.69, 9.17) is 4.74 Å². The number of rotatable bonds is 5. The number of likely N-dealkylation sites (tertiary alicyclic amines) is 1. The van der Waals surface area contributed by atoms with Crippen molar-refractivity contribution in [3.63, 3.8) is 0 Å². The van der Waals surface area contributed by atoms with Crippen molar-refractivity contribution in [3.05, 3.63) is 0 Å². The molecule has 0 aromatic heterocycles.